The van der Waals surface area contributed by atoms with Gasteiger partial charge in [-0.2, -0.15) is 0 Å². The van der Waals surface area contributed by atoms with Gasteiger partial charge in [0.15, 0.2) is 4.67 Å². The topological polar surface area (TPSA) is 96.6 Å². The van der Waals surface area contributed by atoms with Gasteiger partial charge in [-0.1, -0.05) is 26.7 Å². The first-order valence-corrected chi connectivity index (χ1v) is 8.11. The fourth-order valence-electron chi connectivity index (χ4n) is 1.52. The molecule has 1 rings (SSSR count). The van der Waals surface area contributed by atoms with Gasteiger partial charge in [0.05, 0.1) is 0 Å². The fourth-order valence-corrected chi connectivity index (χ4v) is 3.58. The summed E-state index contributed by atoms with van der Waals surface area (Å²) in [5.41, 5.74) is 0. The van der Waals surface area contributed by atoms with Crippen LogP contribution in [0.5, 0.6) is 0 Å². The number of nitrogens with one attached hydrogen (secondary N) is 1. The molecular weight excluding hydrogens is 338 g/mol. The summed E-state index contributed by atoms with van der Waals surface area (Å²) in [7, 11) is -3.77. The van der Waals surface area contributed by atoms with Crippen LogP contribution in [-0.4, -0.2) is 26.0 Å². The van der Waals surface area contributed by atoms with Crippen LogP contribution in [-0.2, 0) is 10.0 Å². The minimum atomic E-state index is -3.77. The van der Waals surface area contributed by atoms with E-state index in [-0.39, 0.29) is 15.5 Å². The highest BCUT2D eigenvalue weighted by Gasteiger charge is 2.25. The van der Waals surface area contributed by atoms with E-state index in [9.17, 15) is 13.2 Å². The predicted molar refractivity (Wildman–Crippen MR) is 72.6 cm³/mol. The highest BCUT2D eigenvalue weighted by Crippen LogP contribution is 2.26. The molecule has 1 aromatic rings. The van der Waals surface area contributed by atoms with Gasteiger partial charge in [0.1, 0.15) is 4.90 Å². The van der Waals surface area contributed by atoms with Crippen LogP contribution in [0, 0.1) is 5.92 Å². The van der Waals surface area contributed by atoms with E-state index in [0.29, 0.717) is 6.54 Å². The number of sulfonamides is 1. The second kappa shape index (κ2) is 6.53. The molecule has 0 aromatic carbocycles. The van der Waals surface area contributed by atoms with Gasteiger partial charge in [0, 0.05) is 12.6 Å². The Morgan fingerprint density at radius 3 is 2.47 bits per heavy atom. The fraction of sp³-hybridized carbons (Fsp3) is 0.545. The molecule has 0 spiro atoms. The third kappa shape index (κ3) is 4.05. The Kier molecular flexibility index (Phi) is 5.57. The molecule has 0 amide bonds. The minimum absolute atomic E-state index is 0.109. The zero-order valence-corrected chi connectivity index (χ0v) is 13.0. The number of carbonyl (C=O) groups is 1. The Labute approximate surface area is 120 Å². The van der Waals surface area contributed by atoms with Crippen LogP contribution < -0.4 is 4.72 Å². The third-order valence-electron chi connectivity index (χ3n) is 2.87. The highest BCUT2D eigenvalue weighted by molar-refractivity contribution is 9.10. The summed E-state index contributed by atoms with van der Waals surface area (Å²) in [6.07, 6.45) is 1.73. The average molecular weight is 354 g/mol. The van der Waals surface area contributed by atoms with Gasteiger partial charge in [-0.25, -0.2) is 17.9 Å². The molecular formula is C11H16BrNO5S. The summed E-state index contributed by atoms with van der Waals surface area (Å²) < 4.78 is 31.2. The number of rotatable bonds is 7. The van der Waals surface area contributed by atoms with Crippen molar-refractivity contribution in [2.24, 2.45) is 5.92 Å². The number of hydrogen-bond donors (Lipinski definition) is 2. The molecule has 108 valence electrons. The van der Waals surface area contributed by atoms with E-state index in [0.717, 1.165) is 18.9 Å². The van der Waals surface area contributed by atoms with E-state index in [1.54, 1.807) is 0 Å². The van der Waals surface area contributed by atoms with Crippen molar-refractivity contribution >= 4 is 31.9 Å². The number of aromatic carboxylic acids is 1. The Bertz CT molecular complexity index is 547. The minimum Gasteiger partial charge on any atom is -0.475 e. The van der Waals surface area contributed by atoms with E-state index < -0.39 is 21.8 Å². The first kappa shape index (κ1) is 16.2. The van der Waals surface area contributed by atoms with Crippen molar-refractivity contribution in [3.8, 4) is 0 Å². The smallest absolute Gasteiger partial charge is 0.371 e. The number of furan rings is 1. The first-order valence-electron chi connectivity index (χ1n) is 5.84. The molecule has 0 saturated carbocycles. The van der Waals surface area contributed by atoms with Crippen molar-refractivity contribution in [2.75, 3.05) is 6.54 Å². The van der Waals surface area contributed by atoms with Crippen molar-refractivity contribution < 1.29 is 22.7 Å². The van der Waals surface area contributed by atoms with Gasteiger partial charge in [-0.15, -0.1) is 0 Å². The zero-order valence-electron chi connectivity index (χ0n) is 10.6. The average Bonchev–Trinajstić information content (AvgIpc) is 2.73. The standard InChI is InChI=1S/C11H16BrNO5S/c1-3-7(4-2)6-13-19(16,17)9-5-8(11(14)15)18-10(9)12/h5,7,13H,3-4,6H2,1-2H3,(H,14,15). The molecule has 0 aliphatic carbocycles. The lowest BCUT2D eigenvalue weighted by molar-refractivity contribution is 0.0661. The Balaban J connectivity index is 2.91. The molecule has 0 aliphatic rings. The van der Waals surface area contributed by atoms with Crippen LogP contribution in [0.25, 0.3) is 0 Å². The molecule has 0 fully saturated rings. The highest BCUT2D eigenvalue weighted by atomic mass is 79.9. The van der Waals surface area contributed by atoms with Crippen LogP contribution in [0.1, 0.15) is 37.2 Å². The molecule has 1 aromatic heterocycles. The largest absolute Gasteiger partial charge is 0.475 e. The van der Waals surface area contributed by atoms with Crippen molar-refractivity contribution in [1.82, 2.24) is 4.72 Å². The van der Waals surface area contributed by atoms with Crippen LogP contribution in [0.2, 0.25) is 0 Å². The predicted octanol–water partition coefficient (Wildman–Crippen LogP) is 2.45. The second-order valence-corrected chi connectivity index (χ2v) is 6.54. The molecule has 0 bridgehead atoms. The summed E-state index contributed by atoms with van der Waals surface area (Å²) in [4.78, 5) is 10.5. The number of halogens is 1. The Morgan fingerprint density at radius 2 is 2.05 bits per heavy atom. The Morgan fingerprint density at radius 1 is 1.47 bits per heavy atom. The van der Waals surface area contributed by atoms with Crippen molar-refractivity contribution in [1.29, 1.82) is 0 Å². The molecule has 0 aliphatic heterocycles. The maximum Gasteiger partial charge on any atom is 0.371 e. The summed E-state index contributed by atoms with van der Waals surface area (Å²) in [5.74, 6) is -1.49. The van der Waals surface area contributed by atoms with E-state index in [2.05, 4.69) is 20.7 Å². The van der Waals surface area contributed by atoms with Crippen LogP contribution in [0.3, 0.4) is 0 Å². The summed E-state index contributed by atoms with van der Waals surface area (Å²) >= 11 is 2.91. The van der Waals surface area contributed by atoms with Crippen molar-refractivity contribution in [2.45, 2.75) is 31.6 Å². The van der Waals surface area contributed by atoms with E-state index in [4.69, 9.17) is 9.52 Å². The van der Waals surface area contributed by atoms with Crippen LogP contribution in [0.15, 0.2) is 20.0 Å². The van der Waals surface area contributed by atoms with Gasteiger partial charge in [0.2, 0.25) is 15.8 Å². The molecule has 0 radical (unpaired) electrons. The van der Waals surface area contributed by atoms with Gasteiger partial charge >= 0.3 is 5.97 Å². The lowest BCUT2D eigenvalue weighted by Gasteiger charge is -2.12. The molecule has 8 heteroatoms. The van der Waals surface area contributed by atoms with Crippen LogP contribution >= 0.6 is 15.9 Å². The molecule has 6 nitrogen and oxygen atoms in total. The van der Waals surface area contributed by atoms with E-state index in [1.807, 2.05) is 13.8 Å². The van der Waals surface area contributed by atoms with Gasteiger partial charge in [-0.3, -0.25) is 0 Å². The lowest BCUT2D eigenvalue weighted by atomic mass is 10.0. The molecule has 0 unspecified atom stereocenters. The number of carboxylic acids is 1. The molecule has 19 heavy (non-hydrogen) atoms. The van der Waals surface area contributed by atoms with Gasteiger partial charge in [-0.05, 0) is 21.8 Å². The van der Waals surface area contributed by atoms with Crippen LogP contribution in [0.4, 0.5) is 0 Å². The van der Waals surface area contributed by atoms with E-state index >= 15 is 0 Å². The Hall–Kier alpha value is -0.860. The van der Waals surface area contributed by atoms with E-state index in [1.165, 1.54) is 0 Å². The molecule has 0 atom stereocenters. The summed E-state index contributed by atoms with van der Waals surface area (Å²) in [6.45, 7) is 4.28. The van der Waals surface area contributed by atoms with Crippen molar-refractivity contribution in [3.05, 3.63) is 16.5 Å². The maximum absolute atomic E-state index is 12.0. The van der Waals surface area contributed by atoms with Gasteiger partial charge in [0.25, 0.3) is 0 Å². The normalized spacial score (nSPS) is 12.0. The summed E-state index contributed by atoms with van der Waals surface area (Å²) in [6, 6.07) is 0.988. The monoisotopic (exact) mass is 353 g/mol. The first-order chi connectivity index (χ1) is 8.81. The third-order valence-corrected chi connectivity index (χ3v) is 5.15. The lowest BCUT2D eigenvalue weighted by Crippen LogP contribution is -2.29. The number of hydrogen-bond acceptors (Lipinski definition) is 4. The molecule has 2 N–H and O–H groups in total. The number of carboxylic acid groups (broad SMARTS) is 1. The maximum atomic E-state index is 12.0. The summed E-state index contributed by atoms with van der Waals surface area (Å²) in [5, 5.41) is 8.75. The van der Waals surface area contributed by atoms with Gasteiger partial charge < -0.3 is 9.52 Å². The molecule has 0 saturated heterocycles. The molecule has 1 heterocycles. The quantitative estimate of drug-likeness (QED) is 0.784. The zero-order chi connectivity index (χ0) is 14.6. The second-order valence-electron chi connectivity index (χ2n) is 4.09. The SMILES string of the molecule is CCC(CC)CNS(=O)(=O)c1cc(C(=O)O)oc1Br. The van der Waals surface area contributed by atoms with Crippen molar-refractivity contribution in [3.63, 3.8) is 0 Å².